The molecule has 4 aliphatic rings. The van der Waals surface area contributed by atoms with Crippen LogP contribution in [0.3, 0.4) is 0 Å². The van der Waals surface area contributed by atoms with Gasteiger partial charge >= 0.3 is 0 Å². The van der Waals surface area contributed by atoms with E-state index in [-0.39, 0.29) is 0 Å². The minimum atomic E-state index is 0.652. The summed E-state index contributed by atoms with van der Waals surface area (Å²) in [6.45, 7) is 16.9. The summed E-state index contributed by atoms with van der Waals surface area (Å²) in [5, 5.41) is 0. The van der Waals surface area contributed by atoms with Crippen molar-refractivity contribution in [2.45, 2.75) is 106 Å². The van der Waals surface area contributed by atoms with E-state index < -0.39 is 0 Å². The molecular formula is C24H48O2. The molecule has 0 N–H and O–H groups in total. The van der Waals surface area contributed by atoms with Crippen LogP contribution in [0, 0.1) is 22.7 Å². The quantitative estimate of drug-likeness (QED) is 0.510. The monoisotopic (exact) mass is 368 g/mol. The summed E-state index contributed by atoms with van der Waals surface area (Å²) in [7, 11) is 0. The molecule has 0 bridgehead atoms. The molecule has 26 heavy (non-hydrogen) atoms. The Morgan fingerprint density at radius 1 is 0.654 bits per heavy atom. The van der Waals surface area contributed by atoms with Crippen molar-refractivity contribution in [1.29, 1.82) is 0 Å². The van der Waals surface area contributed by atoms with Crippen LogP contribution in [0.2, 0.25) is 0 Å². The summed E-state index contributed by atoms with van der Waals surface area (Å²) in [6, 6.07) is 0. The third kappa shape index (κ3) is 6.51. The van der Waals surface area contributed by atoms with Crippen LogP contribution in [0.1, 0.15) is 106 Å². The fourth-order valence-electron chi connectivity index (χ4n) is 4.96. The lowest BCUT2D eigenvalue weighted by molar-refractivity contribution is -0.140. The van der Waals surface area contributed by atoms with E-state index in [0.29, 0.717) is 10.8 Å². The van der Waals surface area contributed by atoms with Crippen LogP contribution in [0.4, 0.5) is 0 Å². The van der Waals surface area contributed by atoms with Gasteiger partial charge in [-0.25, -0.2) is 0 Å². The molecular weight excluding hydrogens is 320 g/mol. The van der Waals surface area contributed by atoms with Crippen molar-refractivity contribution in [2.75, 3.05) is 26.4 Å². The van der Waals surface area contributed by atoms with Crippen molar-refractivity contribution in [1.82, 2.24) is 0 Å². The minimum absolute atomic E-state index is 0.652. The van der Waals surface area contributed by atoms with Crippen molar-refractivity contribution in [3.8, 4) is 0 Å². The van der Waals surface area contributed by atoms with Gasteiger partial charge in [-0.05, 0) is 50.4 Å². The average Bonchev–Trinajstić information content (AvgIpc) is 2.69. The van der Waals surface area contributed by atoms with Crippen molar-refractivity contribution in [2.24, 2.45) is 22.7 Å². The van der Waals surface area contributed by atoms with Gasteiger partial charge in [-0.15, -0.1) is 0 Å². The summed E-state index contributed by atoms with van der Waals surface area (Å²) in [5.74, 6) is 2.04. The maximum absolute atomic E-state index is 5.31. The summed E-state index contributed by atoms with van der Waals surface area (Å²) < 4.78 is 10.6. The largest absolute Gasteiger partial charge is 0.380 e. The van der Waals surface area contributed by atoms with E-state index in [0.717, 1.165) is 38.3 Å². The van der Waals surface area contributed by atoms with Gasteiger partial charge < -0.3 is 9.47 Å². The van der Waals surface area contributed by atoms with Crippen LogP contribution in [0.5, 0.6) is 0 Å². The van der Waals surface area contributed by atoms with E-state index >= 15 is 0 Å². The molecule has 1 atom stereocenters. The fraction of sp³-hybridized carbons (Fsp3) is 1.00. The number of hydrogen-bond acceptors (Lipinski definition) is 2. The second-order valence-corrected chi connectivity index (χ2v) is 8.71. The summed E-state index contributed by atoms with van der Waals surface area (Å²) in [6.07, 6.45) is 14.3. The molecule has 4 rings (SSSR count). The zero-order chi connectivity index (χ0) is 19.5. The van der Waals surface area contributed by atoms with Gasteiger partial charge in [-0.2, -0.15) is 0 Å². The smallest absolute Gasteiger partial charge is 0.0544 e. The molecule has 4 fully saturated rings. The predicted octanol–water partition coefficient (Wildman–Crippen LogP) is 7.26. The van der Waals surface area contributed by atoms with Gasteiger partial charge in [0.05, 0.1) is 26.4 Å². The Hall–Kier alpha value is -0.0800. The van der Waals surface area contributed by atoms with E-state index in [1.165, 1.54) is 64.2 Å². The second-order valence-electron chi connectivity index (χ2n) is 8.71. The molecule has 2 saturated carbocycles. The first-order chi connectivity index (χ1) is 12.7. The number of rotatable bonds is 2. The van der Waals surface area contributed by atoms with Gasteiger partial charge in [0.1, 0.15) is 0 Å². The van der Waals surface area contributed by atoms with Gasteiger partial charge in [0.15, 0.2) is 0 Å². The third-order valence-corrected chi connectivity index (χ3v) is 6.99. The first kappa shape index (κ1) is 24.0. The van der Waals surface area contributed by atoms with Crippen LogP contribution in [-0.2, 0) is 9.47 Å². The van der Waals surface area contributed by atoms with Gasteiger partial charge in [0.2, 0.25) is 0 Å². The molecule has 2 aliphatic carbocycles. The van der Waals surface area contributed by atoms with Crippen LogP contribution >= 0.6 is 0 Å². The second kappa shape index (κ2) is 12.4. The lowest BCUT2D eigenvalue weighted by atomic mass is 9.68. The summed E-state index contributed by atoms with van der Waals surface area (Å²) in [5.41, 5.74) is 1.31. The van der Waals surface area contributed by atoms with E-state index in [4.69, 9.17) is 9.47 Å². The maximum Gasteiger partial charge on any atom is 0.0544 e. The topological polar surface area (TPSA) is 18.5 Å². The van der Waals surface area contributed by atoms with Gasteiger partial charge in [-0.3, -0.25) is 0 Å². The van der Waals surface area contributed by atoms with Gasteiger partial charge in [0, 0.05) is 10.8 Å². The Morgan fingerprint density at radius 3 is 1.54 bits per heavy atom. The summed E-state index contributed by atoms with van der Waals surface area (Å²) in [4.78, 5) is 0. The van der Waals surface area contributed by atoms with E-state index in [2.05, 4.69) is 13.8 Å². The molecule has 1 unspecified atom stereocenters. The van der Waals surface area contributed by atoms with E-state index in [9.17, 15) is 0 Å². The van der Waals surface area contributed by atoms with Crippen LogP contribution in [-0.4, -0.2) is 26.4 Å². The molecule has 0 aromatic rings. The van der Waals surface area contributed by atoms with Crippen molar-refractivity contribution < 1.29 is 9.47 Å². The molecule has 2 heterocycles. The molecule has 0 aromatic heterocycles. The molecule has 2 nitrogen and oxygen atoms in total. The van der Waals surface area contributed by atoms with E-state index in [1.54, 1.807) is 0 Å². The zero-order valence-corrected chi connectivity index (χ0v) is 18.9. The van der Waals surface area contributed by atoms with Crippen LogP contribution < -0.4 is 0 Å². The molecule has 156 valence electrons. The highest BCUT2D eigenvalue weighted by Crippen LogP contribution is 2.46. The number of hydrogen-bond donors (Lipinski definition) is 0. The minimum Gasteiger partial charge on any atom is -0.380 e. The zero-order valence-electron chi connectivity index (χ0n) is 18.9. The van der Waals surface area contributed by atoms with Crippen LogP contribution in [0.25, 0.3) is 0 Å². The van der Waals surface area contributed by atoms with Crippen molar-refractivity contribution in [3.05, 3.63) is 0 Å². The normalized spacial score (nSPS) is 28.2. The summed E-state index contributed by atoms with van der Waals surface area (Å²) >= 11 is 0. The number of ether oxygens (including phenoxy) is 2. The fourth-order valence-corrected chi connectivity index (χ4v) is 4.96. The SMILES string of the molecule is CC.CC.CCC1CCC2(CC1)COC2.CCC1CCCC2(COC2)C1. The lowest BCUT2D eigenvalue weighted by Crippen LogP contribution is -2.45. The van der Waals surface area contributed by atoms with Gasteiger partial charge in [-0.1, -0.05) is 67.2 Å². The molecule has 2 spiro atoms. The van der Waals surface area contributed by atoms with Gasteiger partial charge in [0.25, 0.3) is 0 Å². The first-order valence-electron chi connectivity index (χ1n) is 11.8. The Bertz CT molecular complexity index is 334. The Balaban J connectivity index is 0.000000219. The highest BCUT2D eigenvalue weighted by molar-refractivity contribution is 4.91. The lowest BCUT2D eigenvalue weighted by Gasteiger charge is -2.47. The molecule has 2 aliphatic heterocycles. The Kier molecular flexibility index (Phi) is 11.4. The third-order valence-electron chi connectivity index (χ3n) is 6.99. The van der Waals surface area contributed by atoms with Crippen molar-refractivity contribution >= 4 is 0 Å². The molecule has 0 amide bonds. The van der Waals surface area contributed by atoms with Crippen LogP contribution in [0.15, 0.2) is 0 Å². The molecule has 2 saturated heterocycles. The highest BCUT2D eigenvalue weighted by atomic mass is 16.5. The van der Waals surface area contributed by atoms with Crippen molar-refractivity contribution in [3.63, 3.8) is 0 Å². The standard InChI is InChI=1S/2C10H18O.2C2H6/c1-2-9-3-5-10(6-4-9)7-11-8-10;1-2-9-4-3-5-10(6-9)7-11-8-10;2*1-2/h2*9H,2-8H2,1H3;2*1-2H3. The molecule has 0 aromatic carbocycles. The first-order valence-corrected chi connectivity index (χ1v) is 11.8. The average molecular weight is 369 g/mol. The maximum atomic E-state index is 5.31. The highest BCUT2D eigenvalue weighted by Gasteiger charge is 2.42. The molecule has 0 radical (unpaired) electrons. The Morgan fingerprint density at radius 2 is 1.15 bits per heavy atom. The molecule has 2 heteroatoms. The predicted molar refractivity (Wildman–Crippen MR) is 114 cm³/mol. The Labute approximate surface area is 164 Å². The van der Waals surface area contributed by atoms with E-state index in [1.807, 2.05) is 27.7 Å².